The van der Waals surface area contributed by atoms with Crippen molar-refractivity contribution in [1.29, 1.82) is 0 Å². The fourth-order valence-corrected chi connectivity index (χ4v) is 4.23. The van der Waals surface area contributed by atoms with E-state index >= 15 is 0 Å². The Bertz CT molecular complexity index is 1210. The number of hydrogen-bond donors (Lipinski definition) is 3. The molecule has 33 heavy (non-hydrogen) atoms. The minimum Gasteiger partial charge on any atom is -0.497 e. The van der Waals surface area contributed by atoms with Gasteiger partial charge in [-0.05, 0) is 36.8 Å². The average Bonchev–Trinajstić information content (AvgIpc) is 3.26. The van der Waals surface area contributed by atoms with Crippen LogP contribution in [0.25, 0.3) is 11.3 Å². The quantitative estimate of drug-likeness (QED) is 0.510. The van der Waals surface area contributed by atoms with Gasteiger partial charge in [0.25, 0.3) is 5.91 Å². The molecule has 1 aliphatic rings. The molecule has 0 bridgehead atoms. The Balaban J connectivity index is 1.38. The van der Waals surface area contributed by atoms with Gasteiger partial charge in [-0.2, -0.15) is 0 Å². The van der Waals surface area contributed by atoms with Gasteiger partial charge in [0.15, 0.2) is 5.13 Å². The molecule has 1 atom stereocenters. The van der Waals surface area contributed by atoms with Crippen LogP contribution in [0.1, 0.15) is 28.4 Å². The summed E-state index contributed by atoms with van der Waals surface area (Å²) in [5.74, 6) is -1.06. The van der Waals surface area contributed by atoms with Crippen LogP contribution in [-0.4, -0.2) is 42.2 Å². The van der Waals surface area contributed by atoms with Crippen molar-refractivity contribution in [2.45, 2.75) is 19.1 Å². The van der Waals surface area contributed by atoms with E-state index in [9.17, 15) is 19.1 Å². The molecule has 0 radical (unpaired) electrons. The van der Waals surface area contributed by atoms with Crippen molar-refractivity contribution in [3.8, 4) is 17.0 Å². The number of anilines is 1. The molecule has 0 fully saturated rings. The Hall–Kier alpha value is -3.34. The van der Waals surface area contributed by atoms with Crippen LogP contribution in [-0.2, 0) is 21.7 Å². The zero-order valence-corrected chi connectivity index (χ0v) is 18.8. The number of nitrogens with one attached hydrogen (secondary N) is 2. The molecule has 3 aromatic rings. The minimum atomic E-state index is -1.41. The lowest BCUT2D eigenvalue weighted by Gasteiger charge is -2.31. The molecule has 0 unspecified atom stereocenters. The van der Waals surface area contributed by atoms with E-state index in [0.29, 0.717) is 22.1 Å². The van der Waals surface area contributed by atoms with Crippen LogP contribution in [0, 0.1) is 5.82 Å². The van der Waals surface area contributed by atoms with Gasteiger partial charge in [0.05, 0.1) is 32.6 Å². The molecule has 3 N–H and O–H groups in total. The third kappa shape index (κ3) is 5.03. The third-order valence-electron chi connectivity index (χ3n) is 5.19. The van der Waals surface area contributed by atoms with Gasteiger partial charge >= 0.3 is 0 Å². The van der Waals surface area contributed by atoms with Crippen molar-refractivity contribution >= 4 is 28.3 Å². The number of amides is 2. The first kappa shape index (κ1) is 22.8. The summed E-state index contributed by atoms with van der Waals surface area (Å²) < 4.78 is 24.9. The second-order valence-electron chi connectivity index (χ2n) is 7.75. The van der Waals surface area contributed by atoms with Crippen LogP contribution in [0.4, 0.5) is 9.52 Å². The predicted octanol–water partition coefficient (Wildman–Crippen LogP) is 3.06. The molecule has 10 heteroatoms. The van der Waals surface area contributed by atoms with E-state index in [2.05, 4.69) is 15.6 Å². The molecule has 8 nitrogen and oxygen atoms in total. The second kappa shape index (κ2) is 9.26. The number of rotatable bonds is 6. The van der Waals surface area contributed by atoms with E-state index < -0.39 is 23.2 Å². The number of fused-ring (bicyclic) bond motifs is 1. The number of carbonyl (C=O) groups excluding carboxylic acids is 2. The van der Waals surface area contributed by atoms with Crippen LogP contribution in [0.2, 0.25) is 0 Å². The number of nitrogens with zero attached hydrogens (tertiary/aromatic N) is 1. The normalized spacial score (nSPS) is 17.2. The lowest BCUT2D eigenvalue weighted by molar-refractivity contribution is -0.115. The summed E-state index contributed by atoms with van der Waals surface area (Å²) in [7, 11) is 1.58. The minimum absolute atomic E-state index is 0.00151. The van der Waals surface area contributed by atoms with Crippen molar-refractivity contribution in [3.05, 3.63) is 64.3 Å². The molecule has 172 valence electrons. The van der Waals surface area contributed by atoms with Crippen LogP contribution < -0.4 is 15.4 Å². The summed E-state index contributed by atoms with van der Waals surface area (Å²) in [5, 5.41) is 17.7. The summed E-state index contributed by atoms with van der Waals surface area (Å²) >= 11 is 1.25. The number of ether oxygens (including phenoxy) is 2. The largest absolute Gasteiger partial charge is 0.497 e. The molecule has 2 aromatic carbocycles. The van der Waals surface area contributed by atoms with E-state index in [-0.39, 0.29) is 30.9 Å². The Morgan fingerprint density at radius 3 is 2.94 bits per heavy atom. The first-order chi connectivity index (χ1) is 15.8. The zero-order chi connectivity index (χ0) is 23.6. The summed E-state index contributed by atoms with van der Waals surface area (Å²) in [6, 6.07) is 9.88. The van der Waals surface area contributed by atoms with Gasteiger partial charge in [-0.3, -0.25) is 9.59 Å². The van der Waals surface area contributed by atoms with E-state index in [1.54, 1.807) is 12.5 Å². The Kier molecular flexibility index (Phi) is 6.41. The molecule has 0 aliphatic carbocycles. The van der Waals surface area contributed by atoms with E-state index in [4.69, 9.17) is 9.47 Å². The number of aliphatic hydroxyl groups is 1. The molecule has 0 spiro atoms. The molecular formula is C23H22FN3O5S. The second-order valence-corrected chi connectivity index (χ2v) is 8.61. The van der Waals surface area contributed by atoms with Crippen LogP contribution in [0.15, 0.2) is 41.8 Å². The third-order valence-corrected chi connectivity index (χ3v) is 5.95. The number of benzene rings is 2. The first-order valence-electron chi connectivity index (χ1n) is 10.1. The van der Waals surface area contributed by atoms with Gasteiger partial charge in [0, 0.05) is 22.1 Å². The van der Waals surface area contributed by atoms with Gasteiger partial charge < -0.3 is 25.2 Å². The molecule has 1 aliphatic heterocycles. The van der Waals surface area contributed by atoms with Gasteiger partial charge in [-0.1, -0.05) is 12.1 Å². The average molecular weight is 472 g/mol. The van der Waals surface area contributed by atoms with Crippen LogP contribution in [0.3, 0.4) is 0 Å². The molecule has 2 heterocycles. The zero-order valence-electron chi connectivity index (χ0n) is 18.0. The fourth-order valence-electron chi connectivity index (χ4n) is 3.50. The Morgan fingerprint density at radius 1 is 1.33 bits per heavy atom. The highest BCUT2D eigenvalue weighted by molar-refractivity contribution is 7.14. The summed E-state index contributed by atoms with van der Waals surface area (Å²) in [6.45, 7) is 1.18. The summed E-state index contributed by atoms with van der Waals surface area (Å²) in [5.41, 5.74) is 0.644. The highest BCUT2D eigenvalue weighted by Gasteiger charge is 2.33. The summed E-state index contributed by atoms with van der Waals surface area (Å²) in [6.07, 6.45) is 0. The highest BCUT2D eigenvalue weighted by Crippen LogP contribution is 2.32. The van der Waals surface area contributed by atoms with Crippen molar-refractivity contribution in [1.82, 2.24) is 10.3 Å². The lowest BCUT2D eigenvalue weighted by Crippen LogP contribution is -2.36. The number of carbonyl (C=O) groups is 2. The lowest BCUT2D eigenvalue weighted by atomic mass is 9.88. The number of methoxy groups -OCH3 is 1. The van der Waals surface area contributed by atoms with Crippen molar-refractivity contribution in [3.63, 3.8) is 0 Å². The van der Waals surface area contributed by atoms with Gasteiger partial charge in [-0.25, -0.2) is 9.37 Å². The number of hydrogen-bond acceptors (Lipinski definition) is 7. The van der Waals surface area contributed by atoms with Gasteiger partial charge in [-0.15, -0.1) is 11.3 Å². The Labute approximate surface area is 193 Å². The van der Waals surface area contributed by atoms with E-state index in [1.165, 1.54) is 24.3 Å². The van der Waals surface area contributed by atoms with Gasteiger partial charge in [0.2, 0.25) is 5.91 Å². The van der Waals surface area contributed by atoms with Crippen LogP contribution in [0.5, 0.6) is 5.75 Å². The van der Waals surface area contributed by atoms with Crippen molar-refractivity contribution < 1.29 is 28.6 Å². The molecule has 4 rings (SSSR count). The monoisotopic (exact) mass is 471 g/mol. The van der Waals surface area contributed by atoms with Crippen LogP contribution >= 0.6 is 11.3 Å². The van der Waals surface area contributed by atoms with Gasteiger partial charge in [0.1, 0.15) is 17.2 Å². The highest BCUT2D eigenvalue weighted by atomic mass is 32.1. The van der Waals surface area contributed by atoms with Crippen molar-refractivity contribution in [2.75, 3.05) is 25.6 Å². The topological polar surface area (TPSA) is 110 Å². The predicted molar refractivity (Wildman–Crippen MR) is 121 cm³/mol. The molecule has 2 amide bonds. The molecule has 1 aromatic heterocycles. The summed E-state index contributed by atoms with van der Waals surface area (Å²) in [4.78, 5) is 29.2. The standard InChI is InChI=1S/C23H22FN3O5S/c1-23(30)12-32-10-16-17(23)7-14(8-18(16)24)21(29)25-9-20(28)27-22-26-19(11-33-22)13-4-3-5-15(6-13)31-2/h3-8,11,30H,9-10,12H2,1-2H3,(H,25,29)(H,26,27,28)/t23-/m0/s1. The smallest absolute Gasteiger partial charge is 0.251 e. The number of halogens is 1. The maximum absolute atomic E-state index is 14.4. The number of aromatic nitrogens is 1. The molecule has 0 saturated carbocycles. The van der Waals surface area contributed by atoms with E-state index in [1.807, 2.05) is 24.3 Å². The van der Waals surface area contributed by atoms with Crippen molar-refractivity contribution in [2.24, 2.45) is 0 Å². The molecular weight excluding hydrogens is 449 g/mol. The maximum atomic E-state index is 14.4. The maximum Gasteiger partial charge on any atom is 0.251 e. The first-order valence-corrected chi connectivity index (χ1v) is 11.0. The molecule has 0 saturated heterocycles. The SMILES string of the molecule is COc1cccc(-c2csc(NC(=O)CNC(=O)c3cc(F)c4c(c3)[C@@](C)(O)COC4)n2)c1. The van der Waals surface area contributed by atoms with E-state index in [0.717, 1.165) is 11.6 Å². The fraction of sp³-hybridized carbons (Fsp3) is 0.261. The Morgan fingerprint density at radius 2 is 2.15 bits per heavy atom. The number of thiazole rings is 1.